The lowest BCUT2D eigenvalue weighted by Gasteiger charge is -2.11. The van der Waals surface area contributed by atoms with Crippen LogP contribution in [-0.4, -0.2) is 22.5 Å². The second kappa shape index (κ2) is 4.15. The van der Waals surface area contributed by atoms with Gasteiger partial charge in [0, 0.05) is 18.7 Å². The monoisotopic (exact) mass is 229 g/mol. The van der Waals surface area contributed by atoms with E-state index < -0.39 is 0 Å². The molecule has 1 aliphatic heterocycles. The molecule has 1 unspecified atom stereocenters. The van der Waals surface area contributed by atoms with Gasteiger partial charge in [0.1, 0.15) is 5.82 Å². The van der Waals surface area contributed by atoms with Crippen molar-refractivity contribution in [2.45, 2.75) is 32.1 Å². The van der Waals surface area contributed by atoms with Crippen LogP contribution in [0.5, 0.6) is 0 Å². The molecule has 17 heavy (non-hydrogen) atoms. The van der Waals surface area contributed by atoms with Gasteiger partial charge in [0.25, 0.3) is 0 Å². The van der Waals surface area contributed by atoms with Gasteiger partial charge in [0.15, 0.2) is 0 Å². The second-order valence-corrected chi connectivity index (χ2v) is 5.22. The third kappa shape index (κ3) is 1.84. The van der Waals surface area contributed by atoms with E-state index in [1.165, 1.54) is 17.5 Å². The van der Waals surface area contributed by atoms with E-state index in [0.29, 0.717) is 11.8 Å². The van der Waals surface area contributed by atoms with Gasteiger partial charge < -0.3 is 9.72 Å². The molecule has 2 aromatic rings. The van der Waals surface area contributed by atoms with Crippen LogP contribution in [0.3, 0.4) is 0 Å². The molecule has 1 fully saturated rings. The number of nitrogens with zero attached hydrogens (tertiary/aromatic N) is 2. The fourth-order valence-corrected chi connectivity index (χ4v) is 2.63. The molecule has 1 saturated heterocycles. The van der Waals surface area contributed by atoms with E-state index in [1.54, 1.807) is 0 Å². The first-order chi connectivity index (χ1) is 8.25. The normalized spacial score (nSPS) is 20.5. The molecule has 0 aromatic carbocycles. The third-order valence-corrected chi connectivity index (χ3v) is 3.63. The SMILES string of the molecule is CC(C)c1ncc2ccc(C3CCNC3)cn12. The highest BCUT2D eigenvalue weighted by atomic mass is 15.0. The van der Waals surface area contributed by atoms with Gasteiger partial charge in [-0.05, 0) is 30.5 Å². The molecule has 0 saturated carbocycles. The summed E-state index contributed by atoms with van der Waals surface area (Å²) in [5.41, 5.74) is 2.63. The number of hydrogen-bond acceptors (Lipinski definition) is 2. The fraction of sp³-hybridized carbons (Fsp3) is 0.500. The van der Waals surface area contributed by atoms with Crippen LogP contribution in [0.25, 0.3) is 5.52 Å². The van der Waals surface area contributed by atoms with E-state index in [9.17, 15) is 0 Å². The van der Waals surface area contributed by atoms with Crippen LogP contribution in [0.4, 0.5) is 0 Å². The van der Waals surface area contributed by atoms with Crippen molar-refractivity contribution in [2.75, 3.05) is 13.1 Å². The maximum absolute atomic E-state index is 4.51. The van der Waals surface area contributed by atoms with Crippen LogP contribution in [0.2, 0.25) is 0 Å². The molecule has 3 heterocycles. The number of pyridine rings is 1. The van der Waals surface area contributed by atoms with E-state index in [2.05, 4.69) is 46.9 Å². The van der Waals surface area contributed by atoms with Crippen LogP contribution in [0, 0.1) is 0 Å². The summed E-state index contributed by atoms with van der Waals surface area (Å²) in [6.07, 6.45) is 5.48. The van der Waals surface area contributed by atoms with Gasteiger partial charge in [0.05, 0.1) is 11.7 Å². The molecule has 3 rings (SSSR count). The summed E-state index contributed by atoms with van der Waals surface area (Å²) in [7, 11) is 0. The minimum Gasteiger partial charge on any atom is -0.316 e. The van der Waals surface area contributed by atoms with Crippen molar-refractivity contribution in [1.82, 2.24) is 14.7 Å². The Hall–Kier alpha value is -1.35. The Balaban J connectivity index is 2.06. The number of hydrogen-bond donors (Lipinski definition) is 1. The maximum atomic E-state index is 4.51. The lowest BCUT2D eigenvalue weighted by molar-refractivity contribution is 0.738. The second-order valence-electron chi connectivity index (χ2n) is 5.22. The van der Waals surface area contributed by atoms with Crippen LogP contribution >= 0.6 is 0 Å². The Bertz CT molecular complexity index is 521. The van der Waals surface area contributed by atoms with Gasteiger partial charge in [0.2, 0.25) is 0 Å². The fourth-order valence-electron chi connectivity index (χ4n) is 2.63. The average Bonchev–Trinajstić information content (AvgIpc) is 2.97. The van der Waals surface area contributed by atoms with E-state index in [0.717, 1.165) is 18.9 Å². The van der Waals surface area contributed by atoms with Crippen LogP contribution < -0.4 is 5.32 Å². The van der Waals surface area contributed by atoms with Crippen molar-refractivity contribution in [3.05, 3.63) is 35.9 Å². The summed E-state index contributed by atoms with van der Waals surface area (Å²) in [6, 6.07) is 4.44. The van der Waals surface area contributed by atoms with E-state index in [-0.39, 0.29) is 0 Å². The molecule has 0 aliphatic carbocycles. The standard InChI is InChI=1S/C14H19N3/c1-10(2)14-16-8-13-4-3-12(9-17(13)14)11-5-6-15-7-11/h3-4,8-11,15H,5-7H2,1-2H3. The van der Waals surface area contributed by atoms with Crippen LogP contribution in [-0.2, 0) is 0 Å². The van der Waals surface area contributed by atoms with Gasteiger partial charge in [-0.25, -0.2) is 4.98 Å². The van der Waals surface area contributed by atoms with Gasteiger partial charge >= 0.3 is 0 Å². The summed E-state index contributed by atoms with van der Waals surface area (Å²) in [5.74, 6) is 2.30. The number of fused-ring (bicyclic) bond motifs is 1. The minimum absolute atomic E-state index is 0.467. The number of imidazole rings is 1. The Morgan fingerprint density at radius 2 is 2.29 bits per heavy atom. The predicted molar refractivity (Wildman–Crippen MR) is 69.5 cm³/mol. The highest BCUT2D eigenvalue weighted by molar-refractivity contribution is 5.48. The third-order valence-electron chi connectivity index (χ3n) is 3.63. The van der Waals surface area contributed by atoms with Crippen molar-refractivity contribution in [1.29, 1.82) is 0 Å². The zero-order valence-corrected chi connectivity index (χ0v) is 10.5. The van der Waals surface area contributed by atoms with Crippen molar-refractivity contribution >= 4 is 5.52 Å². The topological polar surface area (TPSA) is 29.3 Å². The first kappa shape index (κ1) is 10.8. The van der Waals surface area contributed by atoms with E-state index in [1.807, 2.05) is 6.20 Å². The number of nitrogens with one attached hydrogen (secondary N) is 1. The highest BCUT2D eigenvalue weighted by Gasteiger charge is 2.17. The molecule has 2 aromatic heterocycles. The summed E-state index contributed by atoms with van der Waals surface area (Å²) >= 11 is 0. The molecule has 3 nitrogen and oxygen atoms in total. The smallest absolute Gasteiger partial charge is 0.115 e. The molecule has 1 N–H and O–H groups in total. The largest absolute Gasteiger partial charge is 0.316 e. The molecule has 0 amide bonds. The van der Waals surface area contributed by atoms with Crippen LogP contribution in [0.1, 0.15) is 43.5 Å². The molecule has 1 aliphatic rings. The average molecular weight is 229 g/mol. The van der Waals surface area contributed by atoms with Crippen LogP contribution in [0.15, 0.2) is 24.5 Å². The molecular weight excluding hydrogens is 210 g/mol. The number of rotatable bonds is 2. The Labute approximate surface area is 102 Å². The van der Waals surface area contributed by atoms with E-state index >= 15 is 0 Å². The highest BCUT2D eigenvalue weighted by Crippen LogP contribution is 2.24. The summed E-state index contributed by atoms with van der Waals surface area (Å²) in [6.45, 7) is 6.64. The van der Waals surface area contributed by atoms with Gasteiger partial charge in [-0.1, -0.05) is 19.9 Å². The van der Waals surface area contributed by atoms with Gasteiger partial charge in [-0.3, -0.25) is 0 Å². The zero-order valence-electron chi connectivity index (χ0n) is 10.5. The summed E-state index contributed by atoms with van der Waals surface area (Å²) < 4.78 is 2.25. The van der Waals surface area contributed by atoms with Crippen molar-refractivity contribution in [3.63, 3.8) is 0 Å². The number of aromatic nitrogens is 2. The zero-order chi connectivity index (χ0) is 11.8. The van der Waals surface area contributed by atoms with Crippen molar-refractivity contribution in [3.8, 4) is 0 Å². The molecule has 1 atom stereocenters. The van der Waals surface area contributed by atoms with Crippen molar-refractivity contribution < 1.29 is 0 Å². The first-order valence-corrected chi connectivity index (χ1v) is 6.43. The summed E-state index contributed by atoms with van der Waals surface area (Å²) in [4.78, 5) is 4.51. The van der Waals surface area contributed by atoms with Gasteiger partial charge in [-0.2, -0.15) is 0 Å². The lowest BCUT2D eigenvalue weighted by atomic mass is 10.0. The molecule has 0 radical (unpaired) electrons. The Morgan fingerprint density at radius 3 is 3.00 bits per heavy atom. The first-order valence-electron chi connectivity index (χ1n) is 6.43. The lowest BCUT2D eigenvalue weighted by Crippen LogP contribution is -2.08. The maximum Gasteiger partial charge on any atom is 0.115 e. The Kier molecular flexibility index (Phi) is 2.63. The molecule has 3 heteroatoms. The quantitative estimate of drug-likeness (QED) is 0.857. The molecule has 0 bridgehead atoms. The predicted octanol–water partition coefficient (Wildman–Crippen LogP) is 2.53. The molecular formula is C14H19N3. The Morgan fingerprint density at radius 1 is 1.41 bits per heavy atom. The van der Waals surface area contributed by atoms with Crippen molar-refractivity contribution in [2.24, 2.45) is 0 Å². The molecule has 0 spiro atoms. The van der Waals surface area contributed by atoms with E-state index in [4.69, 9.17) is 0 Å². The molecule has 90 valence electrons. The minimum atomic E-state index is 0.467. The summed E-state index contributed by atoms with van der Waals surface area (Å²) in [5, 5.41) is 3.43. The van der Waals surface area contributed by atoms with Gasteiger partial charge in [-0.15, -0.1) is 0 Å².